The Morgan fingerprint density at radius 2 is 1.46 bits per heavy atom. The monoisotopic (exact) mass is 392 g/mol. The second-order valence-corrected chi connectivity index (χ2v) is 9.56. The first-order valence-corrected chi connectivity index (χ1v) is 10.7. The van der Waals surface area contributed by atoms with Crippen LogP contribution in [0.2, 0.25) is 0 Å². The van der Waals surface area contributed by atoms with E-state index < -0.39 is 57.7 Å². The quantitative estimate of drug-likeness (QED) is 0.204. The first-order chi connectivity index (χ1) is 10.8. The van der Waals surface area contributed by atoms with Crippen molar-refractivity contribution in [3.05, 3.63) is 0 Å². The molecule has 0 spiro atoms. The van der Waals surface area contributed by atoms with Crippen LogP contribution in [0.4, 0.5) is 0 Å². The second-order valence-electron chi connectivity index (χ2n) is 5.74. The minimum atomic E-state index is -4.66. The minimum Gasteiger partial charge on any atom is -0.481 e. The number of carboxylic acid groups (broad SMARTS) is 1. The third-order valence-electron chi connectivity index (χ3n) is 3.85. The van der Waals surface area contributed by atoms with Gasteiger partial charge in [-0.3, -0.25) is 13.9 Å². The number of carboxylic acids is 1. The number of carbonyl (C=O) groups is 1. The Hall–Kier alpha value is -0.310. The van der Waals surface area contributed by atoms with Gasteiger partial charge < -0.3 is 34.5 Å². The maximum Gasteiger partial charge on any atom is 0.328 e. The number of aliphatic hydroxyl groups excluding tert-OH is 1. The summed E-state index contributed by atoms with van der Waals surface area (Å²) >= 11 is 0. The zero-order valence-electron chi connectivity index (χ0n) is 13.6. The van der Waals surface area contributed by atoms with Crippen molar-refractivity contribution >= 4 is 21.2 Å². The zero-order valence-corrected chi connectivity index (χ0v) is 15.3. The van der Waals surface area contributed by atoms with Crippen molar-refractivity contribution in [3.8, 4) is 0 Å². The van der Waals surface area contributed by atoms with Crippen LogP contribution >= 0.6 is 15.2 Å². The molecular weight excluding hydrogens is 366 g/mol. The average Bonchev–Trinajstić information content (AvgIpc) is 2.39. The molecular formula is C12H26O10P2. The van der Waals surface area contributed by atoms with Crippen LogP contribution in [0.5, 0.6) is 0 Å². The molecule has 0 aliphatic rings. The molecule has 10 nitrogen and oxygen atoms in total. The van der Waals surface area contributed by atoms with Crippen molar-refractivity contribution in [1.29, 1.82) is 0 Å². The molecule has 0 amide bonds. The minimum absolute atomic E-state index is 0.0403. The lowest BCUT2D eigenvalue weighted by Gasteiger charge is -2.26. The third kappa shape index (κ3) is 8.69. The van der Waals surface area contributed by atoms with Crippen LogP contribution in [-0.2, 0) is 18.7 Å². The van der Waals surface area contributed by atoms with Crippen molar-refractivity contribution in [3.63, 3.8) is 0 Å². The fraction of sp³-hybridized carbons (Fsp3) is 0.917. The standard InChI is InChI=1S/C12H26O10P2/c1-3-10(23(16,17)18)5-9(12(14)15)6-11(24(19,20)21)4-8(2)22-7-13/h8-11,13H,3-7H2,1-2H3,(H,14,15)(H2,16,17,18)(H2,19,20,21). The summed E-state index contributed by atoms with van der Waals surface area (Å²) in [6.07, 6.45) is -1.71. The number of ether oxygens (including phenoxy) is 1. The van der Waals surface area contributed by atoms with E-state index in [-0.39, 0.29) is 19.3 Å². The molecule has 0 rings (SSSR count). The van der Waals surface area contributed by atoms with Gasteiger partial charge in [0.2, 0.25) is 0 Å². The van der Waals surface area contributed by atoms with Crippen LogP contribution in [0.3, 0.4) is 0 Å². The second kappa shape index (κ2) is 9.99. The summed E-state index contributed by atoms with van der Waals surface area (Å²) in [7, 11) is -9.17. The summed E-state index contributed by atoms with van der Waals surface area (Å²) in [5.74, 6) is -2.70. The van der Waals surface area contributed by atoms with E-state index in [1.54, 1.807) is 0 Å². The molecule has 0 aliphatic heterocycles. The summed E-state index contributed by atoms with van der Waals surface area (Å²) in [5, 5.41) is 17.9. The van der Waals surface area contributed by atoms with Gasteiger partial charge in [0.25, 0.3) is 0 Å². The van der Waals surface area contributed by atoms with E-state index in [2.05, 4.69) is 0 Å². The normalized spacial score (nSPS) is 18.0. The van der Waals surface area contributed by atoms with E-state index in [0.29, 0.717) is 0 Å². The molecule has 0 saturated heterocycles. The highest BCUT2D eigenvalue weighted by atomic mass is 31.2. The summed E-state index contributed by atoms with van der Waals surface area (Å²) in [6, 6.07) is 0. The average molecular weight is 392 g/mol. The van der Waals surface area contributed by atoms with E-state index in [1.807, 2.05) is 0 Å². The van der Waals surface area contributed by atoms with Crippen molar-refractivity contribution in [2.24, 2.45) is 5.92 Å². The summed E-state index contributed by atoms with van der Waals surface area (Å²) < 4.78 is 27.8. The van der Waals surface area contributed by atoms with Crippen LogP contribution in [-0.4, -0.2) is 60.0 Å². The Labute approximate surface area is 140 Å². The highest BCUT2D eigenvalue weighted by Gasteiger charge is 2.38. The van der Waals surface area contributed by atoms with Crippen molar-refractivity contribution < 1.29 is 48.4 Å². The van der Waals surface area contributed by atoms with Gasteiger partial charge in [-0.05, 0) is 32.6 Å². The van der Waals surface area contributed by atoms with Crippen molar-refractivity contribution in [2.45, 2.75) is 57.0 Å². The largest absolute Gasteiger partial charge is 0.481 e. The SMILES string of the molecule is CCC(CC(CC(CC(C)OCO)P(=O)(O)O)C(=O)O)P(=O)(O)O. The molecule has 0 aromatic rings. The molecule has 0 aliphatic carbocycles. The Kier molecular flexibility index (Phi) is 9.86. The third-order valence-corrected chi connectivity index (χ3v) is 6.75. The number of aliphatic carboxylic acids is 1. The fourth-order valence-corrected chi connectivity index (χ4v) is 4.55. The molecule has 4 unspecified atom stereocenters. The molecule has 0 aromatic heterocycles. The van der Waals surface area contributed by atoms with E-state index in [0.717, 1.165) is 0 Å². The Morgan fingerprint density at radius 3 is 1.79 bits per heavy atom. The summed E-state index contributed by atoms with van der Waals surface area (Å²) in [5.41, 5.74) is -2.54. The fourth-order valence-electron chi connectivity index (χ4n) is 2.45. The van der Waals surface area contributed by atoms with Gasteiger partial charge in [-0.15, -0.1) is 0 Å². The molecule has 0 bridgehead atoms. The first-order valence-electron chi connectivity index (χ1n) is 7.38. The first kappa shape index (κ1) is 23.7. The van der Waals surface area contributed by atoms with Crippen LogP contribution in [0.1, 0.15) is 39.5 Å². The van der Waals surface area contributed by atoms with E-state index in [1.165, 1.54) is 13.8 Å². The van der Waals surface area contributed by atoms with Gasteiger partial charge in [0, 0.05) is 0 Å². The van der Waals surface area contributed by atoms with Crippen LogP contribution in [0, 0.1) is 5.92 Å². The molecule has 0 heterocycles. The van der Waals surface area contributed by atoms with Gasteiger partial charge in [-0.25, -0.2) is 0 Å². The van der Waals surface area contributed by atoms with Gasteiger partial charge in [-0.2, -0.15) is 0 Å². The molecule has 12 heteroatoms. The molecule has 6 N–H and O–H groups in total. The Morgan fingerprint density at radius 1 is 1.00 bits per heavy atom. The Bertz CT molecular complexity index is 484. The lowest BCUT2D eigenvalue weighted by atomic mass is 9.94. The van der Waals surface area contributed by atoms with Gasteiger partial charge in [0.1, 0.15) is 6.79 Å². The lowest BCUT2D eigenvalue weighted by molar-refractivity contribution is -0.142. The van der Waals surface area contributed by atoms with E-state index >= 15 is 0 Å². The van der Waals surface area contributed by atoms with E-state index in [4.69, 9.17) is 9.84 Å². The van der Waals surface area contributed by atoms with Crippen molar-refractivity contribution in [1.82, 2.24) is 0 Å². The van der Waals surface area contributed by atoms with Crippen LogP contribution in [0.25, 0.3) is 0 Å². The molecule has 0 radical (unpaired) electrons. The molecule has 0 saturated carbocycles. The van der Waals surface area contributed by atoms with E-state index in [9.17, 15) is 38.6 Å². The Balaban J connectivity index is 5.24. The number of hydrogen-bond acceptors (Lipinski definition) is 5. The zero-order chi connectivity index (χ0) is 19.1. The smallest absolute Gasteiger partial charge is 0.328 e. The molecule has 24 heavy (non-hydrogen) atoms. The number of rotatable bonds is 12. The molecule has 0 fully saturated rings. The summed E-state index contributed by atoms with van der Waals surface area (Å²) in [4.78, 5) is 48.7. The van der Waals surface area contributed by atoms with Crippen LogP contribution < -0.4 is 0 Å². The van der Waals surface area contributed by atoms with Gasteiger partial charge in [0.05, 0.1) is 23.3 Å². The van der Waals surface area contributed by atoms with Gasteiger partial charge in [0.15, 0.2) is 0 Å². The molecule has 144 valence electrons. The molecule has 0 aromatic carbocycles. The highest BCUT2D eigenvalue weighted by Crippen LogP contribution is 2.50. The maximum absolute atomic E-state index is 11.6. The maximum atomic E-state index is 11.6. The predicted octanol–water partition coefficient (Wildman–Crippen LogP) is 0.715. The van der Waals surface area contributed by atoms with Crippen molar-refractivity contribution in [2.75, 3.05) is 6.79 Å². The number of hydrogen-bond donors (Lipinski definition) is 6. The topological polar surface area (TPSA) is 182 Å². The summed E-state index contributed by atoms with van der Waals surface area (Å²) in [6.45, 7) is 2.33. The van der Waals surface area contributed by atoms with Gasteiger partial charge in [-0.1, -0.05) is 6.92 Å². The predicted molar refractivity (Wildman–Crippen MR) is 84.6 cm³/mol. The number of aliphatic hydroxyl groups is 1. The molecule has 4 atom stereocenters. The highest BCUT2D eigenvalue weighted by molar-refractivity contribution is 7.52. The lowest BCUT2D eigenvalue weighted by Crippen LogP contribution is -2.28. The van der Waals surface area contributed by atoms with Gasteiger partial charge >= 0.3 is 21.2 Å². The van der Waals surface area contributed by atoms with Crippen LogP contribution in [0.15, 0.2) is 0 Å².